The van der Waals surface area contributed by atoms with Crippen LogP contribution in [0.1, 0.15) is 0 Å². The molecule has 0 fully saturated rings. The van der Waals surface area contributed by atoms with Gasteiger partial charge in [-0.25, -0.2) is 5.84 Å². The van der Waals surface area contributed by atoms with Gasteiger partial charge >= 0.3 is 0 Å². The molecule has 0 aliphatic rings. The number of fused-ring (bicyclic) bond motifs is 1. The van der Waals surface area contributed by atoms with Gasteiger partial charge in [0.1, 0.15) is 18.0 Å². The number of nitrogen functional groups attached to an aromatic ring is 2. The van der Waals surface area contributed by atoms with Crippen molar-refractivity contribution in [3.8, 4) is 0 Å². The van der Waals surface area contributed by atoms with Gasteiger partial charge in [0.15, 0.2) is 0 Å². The predicted molar refractivity (Wildman–Crippen MR) is 43.0 cm³/mol. The van der Waals surface area contributed by atoms with Crippen LogP contribution in [0.25, 0.3) is 5.78 Å². The fourth-order valence-electron chi connectivity index (χ4n) is 0.909. The average molecular weight is 165 g/mol. The van der Waals surface area contributed by atoms with Crippen LogP contribution in [0.2, 0.25) is 0 Å². The molecule has 2 rings (SSSR count). The lowest BCUT2D eigenvalue weighted by Gasteiger charge is -2.00. The molecule has 0 amide bonds. The van der Waals surface area contributed by atoms with Crippen LogP contribution >= 0.6 is 0 Å². The Balaban J connectivity index is 2.75. The topological polar surface area (TPSA) is 107 Å². The van der Waals surface area contributed by atoms with Crippen molar-refractivity contribution in [1.29, 1.82) is 0 Å². The molecule has 0 saturated heterocycles. The second-order valence-corrected chi connectivity index (χ2v) is 2.18. The number of rotatable bonds is 1. The normalized spacial score (nSPS) is 10.4. The minimum absolute atomic E-state index is 0.419. The van der Waals surface area contributed by atoms with Gasteiger partial charge in [-0.15, -0.1) is 0 Å². The van der Waals surface area contributed by atoms with E-state index in [0.29, 0.717) is 17.4 Å². The van der Waals surface area contributed by atoms with Gasteiger partial charge in [0.05, 0.1) is 0 Å². The zero-order valence-electron chi connectivity index (χ0n) is 6.10. The lowest BCUT2D eigenvalue weighted by molar-refractivity contribution is 0.951. The lowest BCUT2D eigenvalue weighted by Crippen LogP contribution is -2.11. The van der Waals surface area contributed by atoms with E-state index in [1.54, 1.807) is 6.07 Å². The summed E-state index contributed by atoms with van der Waals surface area (Å²) in [6, 6.07) is 1.57. The third-order valence-electron chi connectivity index (χ3n) is 1.43. The highest BCUT2D eigenvalue weighted by molar-refractivity contribution is 5.50. The summed E-state index contributed by atoms with van der Waals surface area (Å²) in [7, 11) is 0. The first-order chi connectivity index (χ1) is 5.81. The highest BCUT2D eigenvalue weighted by atomic mass is 15.4. The van der Waals surface area contributed by atoms with Crippen molar-refractivity contribution in [2.75, 3.05) is 11.2 Å². The standard InChI is InChI=1S/C5H7N7/c6-3-1-4(11-7)10-5-8-2-9-12(3)5/h1-2H,6-7H2,(H,8,9,10,11). The van der Waals surface area contributed by atoms with E-state index in [4.69, 9.17) is 11.6 Å². The summed E-state index contributed by atoms with van der Waals surface area (Å²) in [6.45, 7) is 0. The monoisotopic (exact) mass is 165 g/mol. The maximum absolute atomic E-state index is 5.60. The van der Waals surface area contributed by atoms with Crippen LogP contribution in [-0.2, 0) is 0 Å². The number of nitrogens with two attached hydrogens (primary N) is 2. The summed E-state index contributed by atoms with van der Waals surface area (Å²) in [5.74, 6) is 6.47. The number of hydrazine groups is 1. The number of nitrogens with one attached hydrogen (secondary N) is 1. The molecule has 5 N–H and O–H groups in total. The summed E-state index contributed by atoms with van der Waals surface area (Å²) in [5, 5.41) is 3.84. The Morgan fingerprint density at radius 1 is 1.50 bits per heavy atom. The molecule has 0 bridgehead atoms. The van der Waals surface area contributed by atoms with Gasteiger partial charge in [0.25, 0.3) is 5.78 Å². The van der Waals surface area contributed by atoms with Crippen LogP contribution in [0.4, 0.5) is 11.6 Å². The van der Waals surface area contributed by atoms with Gasteiger partial charge in [-0.2, -0.15) is 19.6 Å². The Bertz CT molecular complexity index is 405. The fraction of sp³-hybridized carbons (Fsp3) is 0. The Morgan fingerprint density at radius 3 is 3.08 bits per heavy atom. The molecule has 12 heavy (non-hydrogen) atoms. The van der Waals surface area contributed by atoms with Crippen molar-refractivity contribution < 1.29 is 0 Å². The van der Waals surface area contributed by atoms with E-state index in [1.165, 1.54) is 10.8 Å². The van der Waals surface area contributed by atoms with Crippen molar-refractivity contribution in [2.45, 2.75) is 0 Å². The Labute approximate surface area is 67.4 Å². The third kappa shape index (κ3) is 0.839. The Kier molecular flexibility index (Phi) is 1.31. The lowest BCUT2D eigenvalue weighted by atomic mass is 10.5. The molecular weight excluding hydrogens is 158 g/mol. The minimum atomic E-state index is 0.419. The first-order valence-electron chi connectivity index (χ1n) is 3.24. The second kappa shape index (κ2) is 2.31. The quantitative estimate of drug-likeness (QED) is 0.369. The van der Waals surface area contributed by atoms with E-state index >= 15 is 0 Å². The van der Waals surface area contributed by atoms with Crippen molar-refractivity contribution in [2.24, 2.45) is 5.84 Å². The van der Waals surface area contributed by atoms with E-state index in [0.717, 1.165) is 0 Å². The minimum Gasteiger partial charge on any atom is -0.383 e. The number of nitrogens with zero attached hydrogens (tertiary/aromatic N) is 4. The highest BCUT2D eigenvalue weighted by Gasteiger charge is 2.02. The van der Waals surface area contributed by atoms with E-state index in [2.05, 4.69) is 20.5 Å². The number of hydrogen-bond donors (Lipinski definition) is 3. The second-order valence-electron chi connectivity index (χ2n) is 2.18. The maximum Gasteiger partial charge on any atom is 0.256 e. The van der Waals surface area contributed by atoms with Crippen LogP contribution in [0.3, 0.4) is 0 Å². The predicted octanol–water partition coefficient (Wildman–Crippen LogP) is -1.01. The van der Waals surface area contributed by atoms with Gasteiger partial charge < -0.3 is 11.2 Å². The van der Waals surface area contributed by atoms with Crippen LogP contribution < -0.4 is 17.0 Å². The molecule has 0 saturated carbocycles. The molecule has 0 aromatic carbocycles. The van der Waals surface area contributed by atoms with Crippen LogP contribution in [0.5, 0.6) is 0 Å². The maximum atomic E-state index is 5.60. The first-order valence-corrected chi connectivity index (χ1v) is 3.24. The molecule has 0 radical (unpaired) electrons. The third-order valence-corrected chi connectivity index (χ3v) is 1.43. The highest BCUT2D eigenvalue weighted by Crippen LogP contribution is 2.08. The molecule has 2 aromatic heterocycles. The van der Waals surface area contributed by atoms with Gasteiger partial charge in [-0.3, -0.25) is 0 Å². The first kappa shape index (κ1) is 6.80. The summed E-state index contributed by atoms with van der Waals surface area (Å²) in [5.41, 5.74) is 7.98. The smallest absolute Gasteiger partial charge is 0.256 e. The molecule has 2 aromatic rings. The van der Waals surface area contributed by atoms with Crippen molar-refractivity contribution >= 4 is 17.4 Å². The molecule has 62 valence electrons. The molecule has 2 heterocycles. The van der Waals surface area contributed by atoms with Crippen LogP contribution in [-0.4, -0.2) is 19.6 Å². The number of anilines is 2. The summed E-state index contributed by atoms with van der Waals surface area (Å²) in [6.07, 6.45) is 1.37. The molecular formula is C5H7N7. The molecule has 7 heteroatoms. The van der Waals surface area contributed by atoms with E-state index in [9.17, 15) is 0 Å². The summed E-state index contributed by atoms with van der Waals surface area (Å²) < 4.78 is 1.42. The van der Waals surface area contributed by atoms with E-state index < -0.39 is 0 Å². The van der Waals surface area contributed by atoms with Crippen LogP contribution in [0, 0.1) is 0 Å². The summed E-state index contributed by atoms with van der Waals surface area (Å²) >= 11 is 0. The molecule has 0 aliphatic heterocycles. The van der Waals surface area contributed by atoms with Gasteiger partial charge in [0, 0.05) is 6.07 Å². The fourth-order valence-corrected chi connectivity index (χ4v) is 0.909. The van der Waals surface area contributed by atoms with Crippen molar-refractivity contribution in [3.63, 3.8) is 0 Å². The number of hydrogen-bond acceptors (Lipinski definition) is 6. The average Bonchev–Trinajstić information content (AvgIpc) is 2.52. The molecule has 0 unspecified atom stereocenters. The molecule has 0 atom stereocenters. The SMILES string of the molecule is NNc1cc(N)n2ncnc2n1. The Hall–Kier alpha value is -1.89. The van der Waals surface area contributed by atoms with Crippen LogP contribution in [0.15, 0.2) is 12.4 Å². The largest absolute Gasteiger partial charge is 0.383 e. The van der Waals surface area contributed by atoms with E-state index in [1.807, 2.05) is 0 Å². The van der Waals surface area contributed by atoms with Gasteiger partial charge in [0.2, 0.25) is 0 Å². The molecule has 7 nitrogen and oxygen atoms in total. The van der Waals surface area contributed by atoms with Gasteiger partial charge in [-0.1, -0.05) is 0 Å². The van der Waals surface area contributed by atoms with Crippen molar-refractivity contribution in [3.05, 3.63) is 12.4 Å². The van der Waals surface area contributed by atoms with E-state index in [-0.39, 0.29) is 0 Å². The van der Waals surface area contributed by atoms with Gasteiger partial charge in [-0.05, 0) is 0 Å². The Morgan fingerprint density at radius 2 is 2.33 bits per heavy atom. The zero-order chi connectivity index (χ0) is 8.55. The molecule has 0 spiro atoms. The zero-order valence-corrected chi connectivity index (χ0v) is 6.10. The van der Waals surface area contributed by atoms with Crippen molar-refractivity contribution in [1.82, 2.24) is 19.6 Å². The molecule has 0 aliphatic carbocycles. The summed E-state index contributed by atoms with van der Waals surface area (Å²) in [4.78, 5) is 7.84. The number of aromatic nitrogens is 4.